The number of hydrogen-bond donors (Lipinski definition) is 0. The smallest absolute Gasteiger partial charge is 0.246 e. The molecule has 1 rings (SSSR count). The van der Waals surface area contributed by atoms with Crippen LogP contribution in [0.1, 0.15) is 5.76 Å². The molecule has 1 aromatic rings. The van der Waals surface area contributed by atoms with Gasteiger partial charge in [0.05, 0.1) is 0 Å². The van der Waals surface area contributed by atoms with Crippen molar-refractivity contribution in [2.45, 2.75) is 0 Å². The molecule has 1 heterocycles. The van der Waals surface area contributed by atoms with E-state index in [4.69, 9.17) is 16.0 Å². The molecule has 0 aliphatic rings. The first-order chi connectivity index (χ1) is 6.09. The lowest BCUT2D eigenvalue weighted by atomic mass is 10.4. The molecule has 0 unspecified atom stereocenters. The minimum atomic E-state index is -0.0903. The number of hydrogen-bond acceptors (Lipinski definition) is 2. The summed E-state index contributed by atoms with van der Waals surface area (Å²) in [5, 5.41) is 0.317. The Kier molecular flexibility index (Phi) is 3.14. The number of furan rings is 1. The summed E-state index contributed by atoms with van der Waals surface area (Å²) in [7, 11) is 3.36. The van der Waals surface area contributed by atoms with Gasteiger partial charge in [-0.2, -0.15) is 0 Å². The summed E-state index contributed by atoms with van der Waals surface area (Å²) in [5.41, 5.74) is 0. The maximum Gasteiger partial charge on any atom is 0.246 e. The number of likely N-dealkylation sites (N-methyl/N-ethyl adjacent to an activating group) is 1. The normalized spacial score (nSPS) is 10.7. The van der Waals surface area contributed by atoms with Crippen molar-refractivity contribution >= 4 is 23.6 Å². The minimum Gasteiger partial charge on any atom is -0.445 e. The molecule has 1 aromatic heterocycles. The SMILES string of the molecule is CN(C)C(=O)/C=C/c1ccc(Cl)o1. The zero-order chi connectivity index (χ0) is 9.84. The molecule has 0 saturated carbocycles. The van der Waals surface area contributed by atoms with Gasteiger partial charge in [0.1, 0.15) is 5.76 Å². The first-order valence-electron chi connectivity index (χ1n) is 3.74. The van der Waals surface area contributed by atoms with Crippen molar-refractivity contribution in [3.8, 4) is 0 Å². The van der Waals surface area contributed by atoms with Crippen LogP contribution in [0.5, 0.6) is 0 Å². The maximum atomic E-state index is 11.1. The van der Waals surface area contributed by atoms with Crippen LogP contribution < -0.4 is 0 Å². The molecule has 0 N–H and O–H groups in total. The van der Waals surface area contributed by atoms with Gasteiger partial charge in [-0.25, -0.2) is 0 Å². The van der Waals surface area contributed by atoms with Gasteiger partial charge in [-0.15, -0.1) is 0 Å². The molecule has 0 aromatic carbocycles. The second-order valence-corrected chi connectivity index (χ2v) is 3.08. The summed E-state index contributed by atoms with van der Waals surface area (Å²) in [5.74, 6) is 0.479. The quantitative estimate of drug-likeness (QED) is 0.683. The molecule has 0 spiro atoms. The van der Waals surface area contributed by atoms with Gasteiger partial charge in [-0.1, -0.05) is 0 Å². The molecule has 13 heavy (non-hydrogen) atoms. The number of rotatable bonds is 2. The zero-order valence-electron chi connectivity index (χ0n) is 7.45. The van der Waals surface area contributed by atoms with Crippen LogP contribution >= 0.6 is 11.6 Å². The molecule has 3 nitrogen and oxygen atoms in total. The Morgan fingerprint density at radius 2 is 2.23 bits per heavy atom. The third-order valence-electron chi connectivity index (χ3n) is 1.42. The molecule has 0 atom stereocenters. The highest BCUT2D eigenvalue weighted by molar-refractivity contribution is 6.28. The second kappa shape index (κ2) is 4.14. The molecule has 1 amide bonds. The van der Waals surface area contributed by atoms with Crippen LogP contribution in [0.3, 0.4) is 0 Å². The summed E-state index contributed by atoms with van der Waals surface area (Å²) in [6.07, 6.45) is 3.00. The Morgan fingerprint density at radius 3 is 2.69 bits per heavy atom. The van der Waals surface area contributed by atoms with Gasteiger partial charge in [0.2, 0.25) is 5.91 Å². The van der Waals surface area contributed by atoms with Crippen molar-refractivity contribution in [2.75, 3.05) is 14.1 Å². The Balaban J connectivity index is 2.64. The molecule has 0 bridgehead atoms. The summed E-state index contributed by atoms with van der Waals surface area (Å²) >= 11 is 5.54. The van der Waals surface area contributed by atoms with Gasteiger partial charge in [0.15, 0.2) is 5.22 Å². The fraction of sp³-hybridized carbons (Fsp3) is 0.222. The second-order valence-electron chi connectivity index (χ2n) is 2.71. The summed E-state index contributed by atoms with van der Waals surface area (Å²) in [4.78, 5) is 12.6. The van der Waals surface area contributed by atoms with Crippen molar-refractivity contribution in [2.24, 2.45) is 0 Å². The van der Waals surface area contributed by atoms with E-state index in [1.807, 2.05) is 0 Å². The van der Waals surface area contributed by atoms with Crippen LogP contribution in [0.2, 0.25) is 5.22 Å². The molecule has 0 saturated heterocycles. The fourth-order valence-electron chi connectivity index (χ4n) is 0.720. The highest BCUT2D eigenvalue weighted by Crippen LogP contribution is 2.14. The van der Waals surface area contributed by atoms with Gasteiger partial charge in [0.25, 0.3) is 0 Å². The minimum absolute atomic E-state index is 0.0903. The molecule has 0 aliphatic heterocycles. The Bertz CT molecular complexity index is 328. The highest BCUT2D eigenvalue weighted by atomic mass is 35.5. The van der Waals surface area contributed by atoms with E-state index in [1.165, 1.54) is 11.0 Å². The Labute approximate surface area is 81.6 Å². The number of nitrogens with zero attached hydrogens (tertiary/aromatic N) is 1. The fourth-order valence-corrected chi connectivity index (χ4v) is 0.872. The van der Waals surface area contributed by atoms with Gasteiger partial charge < -0.3 is 9.32 Å². The first-order valence-corrected chi connectivity index (χ1v) is 4.12. The van der Waals surface area contributed by atoms with Crippen molar-refractivity contribution in [1.82, 2.24) is 4.90 Å². The summed E-state index contributed by atoms with van der Waals surface area (Å²) < 4.78 is 5.02. The first kappa shape index (κ1) is 9.86. The van der Waals surface area contributed by atoms with Gasteiger partial charge in [-0.05, 0) is 29.8 Å². The topological polar surface area (TPSA) is 33.5 Å². The molecule has 70 valence electrons. The van der Waals surface area contributed by atoms with E-state index >= 15 is 0 Å². The molecule has 0 aliphatic carbocycles. The van der Waals surface area contributed by atoms with Crippen LogP contribution in [-0.4, -0.2) is 24.9 Å². The van der Waals surface area contributed by atoms with Crippen molar-refractivity contribution < 1.29 is 9.21 Å². The lowest BCUT2D eigenvalue weighted by molar-refractivity contribution is -0.123. The number of halogens is 1. The molecular weight excluding hydrogens is 190 g/mol. The third kappa shape index (κ3) is 2.95. The number of amides is 1. The predicted molar refractivity (Wildman–Crippen MR) is 51.4 cm³/mol. The Hall–Kier alpha value is -1.22. The van der Waals surface area contributed by atoms with E-state index in [0.717, 1.165) is 0 Å². The van der Waals surface area contributed by atoms with Crippen LogP contribution in [0.4, 0.5) is 0 Å². The molecular formula is C9H10ClNO2. The summed E-state index contributed by atoms with van der Waals surface area (Å²) in [6.45, 7) is 0. The van der Waals surface area contributed by atoms with Crippen LogP contribution in [0, 0.1) is 0 Å². The standard InChI is InChI=1S/C9H10ClNO2/c1-11(2)9(12)6-4-7-3-5-8(10)13-7/h3-6H,1-2H3/b6-4+. The number of carbonyl (C=O) groups is 1. The van der Waals surface area contributed by atoms with E-state index in [0.29, 0.717) is 11.0 Å². The maximum absolute atomic E-state index is 11.1. The lowest BCUT2D eigenvalue weighted by Gasteiger charge is -2.04. The third-order valence-corrected chi connectivity index (χ3v) is 1.63. The average molecular weight is 200 g/mol. The van der Waals surface area contributed by atoms with Gasteiger partial charge in [0, 0.05) is 20.2 Å². The van der Waals surface area contributed by atoms with Crippen molar-refractivity contribution in [1.29, 1.82) is 0 Å². The highest BCUT2D eigenvalue weighted by Gasteiger charge is 1.98. The number of carbonyl (C=O) groups excluding carboxylic acids is 1. The lowest BCUT2D eigenvalue weighted by Crippen LogP contribution is -2.18. The largest absolute Gasteiger partial charge is 0.445 e. The Morgan fingerprint density at radius 1 is 1.54 bits per heavy atom. The predicted octanol–water partition coefficient (Wildman–Crippen LogP) is 2.03. The van der Waals surface area contributed by atoms with E-state index in [9.17, 15) is 4.79 Å². The van der Waals surface area contributed by atoms with E-state index in [1.54, 1.807) is 32.3 Å². The van der Waals surface area contributed by atoms with Crippen molar-refractivity contribution in [3.63, 3.8) is 0 Å². The van der Waals surface area contributed by atoms with Crippen LogP contribution in [0.15, 0.2) is 22.6 Å². The van der Waals surface area contributed by atoms with Crippen LogP contribution in [0.25, 0.3) is 6.08 Å². The van der Waals surface area contributed by atoms with Crippen molar-refractivity contribution in [3.05, 3.63) is 29.2 Å². The van der Waals surface area contributed by atoms with Gasteiger partial charge in [-0.3, -0.25) is 4.79 Å². The summed E-state index contributed by atoms with van der Waals surface area (Å²) in [6, 6.07) is 3.32. The van der Waals surface area contributed by atoms with Gasteiger partial charge >= 0.3 is 0 Å². The average Bonchev–Trinajstić information content (AvgIpc) is 2.47. The van der Waals surface area contributed by atoms with E-state index in [-0.39, 0.29) is 5.91 Å². The molecule has 0 radical (unpaired) electrons. The van der Waals surface area contributed by atoms with E-state index in [2.05, 4.69) is 0 Å². The monoisotopic (exact) mass is 199 g/mol. The van der Waals surface area contributed by atoms with Crippen LogP contribution in [-0.2, 0) is 4.79 Å². The molecule has 4 heteroatoms. The zero-order valence-corrected chi connectivity index (χ0v) is 8.21. The molecule has 0 fully saturated rings. The van der Waals surface area contributed by atoms with E-state index < -0.39 is 0 Å².